The van der Waals surface area contributed by atoms with Gasteiger partial charge in [0.15, 0.2) is 0 Å². The fraction of sp³-hybridized carbons (Fsp3) is 0.625. The van der Waals surface area contributed by atoms with Crippen LogP contribution in [0.15, 0.2) is 33.4 Å². The van der Waals surface area contributed by atoms with E-state index in [0.29, 0.717) is 5.92 Å². The lowest BCUT2D eigenvalue weighted by molar-refractivity contribution is 0.541. The van der Waals surface area contributed by atoms with Crippen molar-refractivity contribution in [1.29, 1.82) is 0 Å². The van der Waals surface area contributed by atoms with Crippen molar-refractivity contribution in [2.45, 2.75) is 48.5 Å². The third kappa shape index (κ3) is 4.99. The Morgan fingerprint density at radius 2 is 1.78 bits per heavy atom. The summed E-state index contributed by atoms with van der Waals surface area (Å²) in [7, 11) is 1.84. The average Bonchev–Trinajstić information content (AvgIpc) is 2.29. The van der Waals surface area contributed by atoms with Crippen LogP contribution in [0.3, 0.4) is 0 Å². The van der Waals surface area contributed by atoms with Crippen LogP contribution in [-0.4, -0.2) is 19.0 Å². The Hall–Kier alpha value is -1.18. The number of dihydropyridines is 1. The first-order valence-corrected chi connectivity index (χ1v) is 6.80. The summed E-state index contributed by atoms with van der Waals surface area (Å²) in [6.45, 7) is 14.9. The Labute approximate surface area is 113 Å². The molecule has 0 saturated carbocycles. The third-order valence-corrected chi connectivity index (χ3v) is 2.40. The SMILES string of the molecule is CC.CN=C1C(C(C)C)=CC=N/C1=C/C(C)(C)C. The molecule has 0 radical (unpaired) electrons. The normalized spacial score (nSPS) is 19.9. The molecule has 1 aliphatic heterocycles. The monoisotopic (exact) mass is 248 g/mol. The number of aliphatic imine (C=N–C) groups is 2. The number of hydrogen-bond donors (Lipinski definition) is 0. The van der Waals surface area contributed by atoms with Crippen molar-refractivity contribution in [1.82, 2.24) is 0 Å². The van der Waals surface area contributed by atoms with Crippen molar-refractivity contribution in [3.05, 3.63) is 23.4 Å². The molecular formula is C16H28N2. The first-order chi connectivity index (χ1) is 8.35. The molecule has 0 aromatic heterocycles. The molecule has 0 aromatic carbocycles. The Bertz CT molecular complexity index is 374. The topological polar surface area (TPSA) is 24.7 Å². The summed E-state index contributed by atoms with van der Waals surface area (Å²) in [5.74, 6) is 0.480. The molecule has 0 saturated heterocycles. The van der Waals surface area contributed by atoms with E-state index in [2.05, 4.69) is 56.8 Å². The molecule has 0 fully saturated rings. The van der Waals surface area contributed by atoms with Crippen molar-refractivity contribution in [3.8, 4) is 0 Å². The summed E-state index contributed by atoms with van der Waals surface area (Å²) >= 11 is 0. The number of nitrogens with zero attached hydrogens (tertiary/aromatic N) is 2. The van der Waals surface area contributed by atoms with Gasteiger partial charge in [-0.2, -0.15) is 0 Å². The fourth-order valence-electron chi connectivity index (χ4n) is 1.71. The second-order valence-electron chi connectivity index (χ2n) is 5.52. The first-order valence-electron chi connectivity index (χ1n) is 6.80. The molecule has 0 aliphatic carbocycles. The standard InChI is InChI=1S/C14H22N2.C2H6/c1-10(2)11-7-8-16-12(13(11)15-6)9-14(3,4)5;1-2/h7-10H,1-6H3;1-2H3/b12-9+,15-13?;. The van der Waals surface area contributed by atoms with Crippen LogP contribution in [0.1, 0.15) is 48.5 Å². The molecule has 0 aromatic rings. The average molecular weight is 248 g/mol. The minimum absolute atomic E-state index is 0.127. The molecule has 0 amide bonds. The lowest BCUT2D eigenvalue weighted by atomic mass is 9.89. The highest BCUT2D eigenvalue weighted by molar-refractivity contribution is 6.16. The molecule has 2 nitrogen and oxygen atoms in total. The van der Waals surface area contributed by atoms with E-state index in [1.165, 1.54) is 5.57 Å². The molecule has 1 heterocycles. The van der Waals surface area contributed by atoms with Gasteiger partial charge in [0.1, 0.15) is 0 Å². The summed E-state index contributed by atoms with van der Waals surface area (Å²) < 4.78 is 0. The summed E-state index contributed by atoms with van der Waals surface area (Å²) in [4.78, 5) is 8.81. The van der Waals surface area contributed by atoms with Crippen LogP contribution in [-0.2, 0) is 0 Å². The summed E-state index contributed by atoms with van der Waals surface area (Å²) in [5, 5.41) is 0. The molecule has 2 heteroatoms. The largest absolute Gasteiger partial charge is 0.286 e. The van der Waals surface area contributed by atoms with Crippen molar-refractivity contribution in [3.63, 3.8) is 0 Å². The molecular weight excluding hydrogens is 220 g/mol. The van der Waals surface area contributed by atoms with Crippen molar-refractivity contribution < 1.29 is 0 Å². The Kier molecular flexibility index (Phi) is 6.82. The van der Waals surface area contributed by atoms with E-state index in [1.807, 2.05) is 27.1 Å². The minimum atomic E-state index is 0.127. The molecule has 1 rings (SSSR count). The molecule has 0 unspecified atom stereocenters. The molecule has 0 bridgehead atoms. The van der Waals surface area contributed by atoms with Gasteiger partial charge in [-0.15, -0.1) is 0 Å². The predicted octanol–water partition coefficient (Wildman–Crippen LogP) is 4.68. The first kappa shape index (κ1) is 16.8. The van der Waals surface area contributed by atoms with Crippen molar-refractivity contribution >= 4 is 11.9 Å². The molecule has 0 atom stereocenters. The van der Waals surface area contributed by atoms with E-state index in [9.17, 15) is 0 Å². The van der Waals surface area contributed by atoms with E-state index in [0.717, 1.165) is 11.4 Å². The molecule has 0 N–H and O–H groups in total. The second-order valence-corrected chi connectivity index (χ2v) is 5.52. The number of allylic oxidation sites excluding steroid dienone is 3. The highest BCUT2D eigenvalue weighted by Crippen LogP contribution is 2.25. The second kappa shape index (κ2) is 7.30. The van der Waals surface area contributed by atoms with Crippen molar-refractivity contribution in [2.24, 2.45) is 21.3 Å². The zero-order chi connectivity index (χ0) is 14.3. The van der Waals surface area contributed by atoms with Gasteiger partial charge < -0.3 is 0 Å². The Morgan fingerprint density at radius 1 is 1.22 bits per heavy atom. The predicted molar refractivity (Wildman–Crippen MR) is 83.7 cm³/mol. The maximum Gasteiger partial charge on any atom is 0.0859 e. The van der Waals surface area contributed by atoms with Crippen LogP contribution in [0.5, 0.6) is 0 Å². The molecule has 102 valence electrons. The highest BCUT2D eigenvalue weighted by Gasteiger charge is 2.19. The van der Waals surface area contributed by atoms with Crippen molar-refractivity contribution in [2.75, 3.05) is 7.05 Å². The lowest BCUT2D eigenvalue weighted by Crippen LogP contribution is -2.16. The summed E-state index contributed by atoms with van der Waals surface area (Å²) in [6.07, 6.45) is 6.12. The van der Waals surface area contributed by atoms with Crippen LogP contribution in [0, 0.1) is 11.3 Å². The van der Waals surface area contributed by atoms with Gasteiger partial charge in [0.25, 0.3) is 0 Å². The van der Waals surface area contributed by atoms with E-state index < -0.39 is 0 Å². The van der Waals surface area contributed by atoms with Crippen LogP contribution >= 0.6 is 0 Å². The number of hydrogen-bond acceptors (Lipinski definition) is 2. The van der Waals surface area contributed by atoms with Gasteiger partial charge in [0.05, 0.1) is 11.4 Å². The Morgan fingerprint density at radius 3 is 2.17 bits per heavy atom. The zero-order valence-electron chi connectivity index (χ0n) is 13.2. The van der Waals surface area contributed by atoms with Crippen LogP contribution < -0.4 is 0 Å². The zero-order valence-corrected chi connectivity index (χ0v) is 13.2. The van der Waals surface area contributed by atoms with Gasteiger partial charge in [-0.3, -0.25) is 9.98 Å². The smallest absolute Gasteiger partial charge is 0.0859 e. The van der Waals surface area contributed by atoms with Gasteiger partial charge in [0, 0.05) is 13.3 Å². The van der Waals surface area contributed by atoms with Gasteiger partial charge in [-0.1, -0.05) is 54.5 Å². The summed E-state index contributed by atoms with van der Waals surface area (Å²) in [6, 6.07) is 0. The van der Waals surface area contributed by atoms with Crippen LogP contribution in [0.4, 0.5) is 0 Å². The van der Waals surface area contributed by atoms with E-state index in [4.69, 9.17) is 0 Å². The van der Waals surface area contributed by atoms with Gasteiger partial charge in [0.2, 0.25) is 0 Å². The van der Waals surface area contributed by atoms with Gasteiger partial charge >= 0.3 is 0 Å². The molecule has 0 spiro atoms. The minimum Gasteiger partial charge on any atom is -0.286 e. The van der Waals surface area contributed by atoms with Crippen LogP contribution in [0.2, 0.25) is 0 Å². The Balaban J connectivity index is 0.00000137. The molecule has 18 heavy (non-hydrogen) atoms. The third-order valence-electron chi connectivity index (χ3n) is 2.40. The fourth-order valence-corrected chi connectivity index (χ4v) is 1.71. The van der Waals surface area contributed by atoms with Gasteiger partial charge in [-0.05, 0) is 23.0 Å². The van der Waals surface area contributed by atoms with E-state index in [1.54, 1.807) is 0 Å². The van der Waals surface area contributed by atoms with E-state index >= 15 is 0 Å². The van der Waals surface area contributed by atoms with Gasteiger partial charge in [-0.25, -0.2) is 0 Å². The summed E-state index contributed by atoms with van der Waals surface area (Å²) in [5.41, 5.74) is 3.43. The highest BCUT2D eigenvalue weighted by atomic mass is 14.8. The molecule has 1 aliphatic rings. The maximum absolute atomic E-state index is 4.43. The lowest BCUT2D eigenvalue weighted by Gasteiger charge is -2.20. The number of rotatable bonds is 1. The maximum atomic E-state index is 4.43. The van der Waals surface area contributed by atoms with E-state index in [-0.39, 0.29) is 5.41 Å². The van der Waals surface area contributed by atoms with Crippen LogP contribution in [0.25, 0.3) is 0 Å². The quantitative estimate of drug-likeness (QED) is 0.643.